The van der Waals surface area contributed by atoms with Crippen LogP contribution >= 0.6 is 0 Å². The SMILES string of the molecule is c1ccc(-c2nnc(-c3ccc(-c4cc5ccc6cccc7c(-c8ccc9ccccc9c8)c(-c8ccc9ccccc9c8)c(c4)c5c67)nc3)n2-c2ccccc2)cc1. The van der Waals surface area contributed by atoms with Crippen LogP contribution in [0.3, 0.4) is 0 Å². The molecule has 0 radical (unpaired) electrons. The van der Waals surface area contributed by atoms with E-state index in [1.165, 1.54) is 76.1 Å². The van der Waals surface area contributed by atoms with E-state index >= 15 is 0 Å². The Balaban J connectivity index is 1.09. The van der Waals surface area contributed by atoms with Gasteiger partial charge in [0.1, 0.15) is 0 Å². The minimum Gasteiger partial charge on any atom is -0.275 e. The van der Waals surface area contributed by atoms with Crippen molar-refractivity contribution in [1.82, 2.24) is 19.7 Å². The Morgan fingerprint density at radius 2 is 0.847 bits per heavy atom. The molecule has 0 saturated carbocycles. The van der Waals surface area contributed by atoms with Gasteiger partial charge < -0.3 is 0 Å². The van der Waals surface area contributed by atoms with Crippen LogP contribution in [0, 0.1) is 0 Å². The first-order chi connectivity index (χ1) is 29.2. The van der Waals surface area contributed by atoms with E-state index in [-0.39, 0.29) is 0 Å². The van der Waals surface area contributed by atoms with Crippen LogP contribution in [-0.2, 0) is 0 Å². The minimum atomic E-state index is 0.739. The largest absolute Gasteiger partial charge is 0.275 e. The first-order valence-corrected chi connectivity index (χ1v) is 20.0. The van der Waals surface area contributed by atoms with E-state index in [2.05, 4.69) is 168 Å². The maximum atomic E-state index is 5.15. The van der Waals surface area contributed by atoms with Crippen molar-refractivity contribution in [2.45, 2.75) is 0 Å². The van der Waals surface area contributed by atoms with Crippen molar-refractivity contribution < 1.29 is 0 Å². The number of aromatic nitrogens is 4. The first kappa shape index (κ1) is 33.2. The van der Waals surface area contributed by atoms with E-state index in [1.54, 1.807) is 0 Å². The molecule has 0 N–H and O–H groups in total. The number of para-hydroxylation sites is 1. The monoisotopic (exact) mass is 750 g/mol. The molecule has 0 fully saturated rings. The van der Waals surface area contributed by atoms with Crippen LogP contribution in [0.1, 0.15) is 0 Å². The van der Waals surface area contributed by atoms with E-state index in [4.69, 9.17) is 15.2 Å². The average molecular weight is 751 g/mol. The number of rotatable bonds is 6. The van der Waals surface area contributed by atoms with Crippen LogP contribution in [0.5, 0.6) is 0 Å². The second-order valence-corrected chi connectivity index (χ2v) is 15.3. The summed E-state index contributed by atoms with van der Waals surface area (Å²) in [4.78, 5) is 5.15. The Morgan fingerprint density at radius 1 is 0.322 bits per heavy atom. The van der Waals surface area contributed by atoms with Gasteiger partial charge in [-0.2, -0.15) is 0 Å². The first-order valence-electron chi connectivity index (χ1n) is 20.0. The molecule has 274 valence electrons. The van der Waals surface area contributed by atoms with Crippen LogP contribution in [-0.4, -0.2) is 19.7 Å². The highest BCUT2D eigenvalue weighted by atomic mass is 15.3. The standard InChI is InChI=1S/C55H34N4/c1-3-14-38(15-4-1)54-57-58-55(59(54)46-19-5-2-6-20-46)44-28-29-49(56-34-44)45-32-43-27-24-37-18-11-21-47-50(37)52(43)48(33-45)53(42-26-23-36-13-8-10-17-40(36)31-42)51(47)41-25-22-35-12-7-9-16-39(35)30-41/h1-34H. The maximum absolute atomic E-state index is 5.15. The molecular weight excluding hydrogens is 717 g/mol. The normalized spacial score (nSPS) is 11.7. The summed E-state index contributed by atoms with van der Waals surface area (Å²) < 4.78 is 2.11. The highest BCUT2D eigenvalue weighted by Gasteiger charge is 2.23. The van der Waals surface area contributed by atoms with Gasteiger partial charge in [0.15, 0.2) is 11.6 Å². The van der Waals surface area contributed by atoms with Crippen LogP contribution in [0.15, 0.2) is 206 Å². The lowest BCUT2D eigenvalue weighted by molar-refractivity contribution is 1.07. The molecule has 10 aromatic carbocycles. The summed E-state index contributed by atoms with van der Waals surface area (Å²) in [6, 6.07) is 71.8. The molecule has 2 aromatic heterocycles. The smallest absolute Gasteiger partial charge is 0.170 e. The molecule has 0 aliphatic carbocycles. The third kappa shape index (κ3) is 5.42. The maximum Gasteiger partial charge on any atom is 0.170 e. The lowest BCUT2D eigenvalue weighted by Gasteiger charge is -2.22. The molecule has 0 spiro atoms. The van der Waals surface area contributed by atoms with Crippen LogP contribution in [0.25, 0.3) is 116 Å². The van der Waals surface area contributed by atoms with E-state index in [0.717, 1.165) is 39.7 Å². The van der Waals surface area contributed by atoms with Gasteiger partial charge in [-0.05, 0) is 125 Å². The molecule has 0 saturated heterocycles. The number of hydrogen-bond acceptors (Lipinski definition) is 3. The van der Waals surface area contributed by atoms with Gasteiger partial charge in [-0.1, -0.05) is 152 Å². The van der Waals surface area contributed by atoms with Crippen molar-refractivity contribution >= 4 is 53.9 Å². The third-order valence-corrected chi connectivity index (χ3v) is 11.8. The van der Waals surface area contributed by atoms with Crippen molar-refractivity contribution in [2.75, 3.05) is 0 Å². The predicted octanol–water partition coefficient (Wildman–Crippen LogP) is 14.2. The molecule has 0 amide bonds. The van der Waals surface area contributed by atoms with Gasteiger partial charge >= 0.3 is 0 Å². The summed E-state index contributed by atoms with van der Waals surface area (Å²) in [6.07, 6.45) is 1.93. The quantitative estimate of drug-likeness (QED) is 0.159. The van der Waals surface area contributed by atoms with Gasteiger partial charge in [0.05, 0.1) is 5.69 Å². The molecular formula is C55H34N4. The Kier molecular flexibility index (Phi) is 7.50. The van der Waals surface area contributed by atoms with Crippen LogP contribution in [0.4, 0.5) is 0 Å². The molecule has 0 bridgehead atoms. The summed E-state index contributed by atoms with van der Waals surface area (Å²) in [5, 5.41) is 21.8. The van der Waals surface area contributed by atoms with E-state index in [1.807, 2.05) is 42.6 Å². The lowest BCUT2D eigenvalue weighted by atomic mass is 9.81. The summed E-state index contributed by atoms with van der Waals surface area (Å²) in [6.45, 7) is 0. The van der Waals surface area contributed by atoms with Crippen molar-refractivity contribution in [3.8, 4) is 62.0 Å². The van der Waals surface area contributed by atoms with Gasteiger partial charge in [0.2, 0.25) is 0 Å². The van der Waals surface area contributed by atoms with Gasteiger partial charge in [0.25, 0.3) is 0 Å². The fraction of sp³-hybridized carbons (Fsp3) is 0. The molecule has 0 unspecified atom stereocenters. The molecule has 2 heterocycles. The summed E-state index contributed by atoms with van der Waals surface area (Å²) in [5.41, 5.74) is 9.69. The molecule has 59 heavy (non-hydrogen) atoms. The number of benzene rings is 10. The van der Waals surface area contributed by atoms with Gasteiger partial charge in [-0.3, -0.25) is 9.55 Å². The van der Waals surface area contributed by atoms with E-state index < -0.39 is 0 Å². The van der Waals surface area contributed by atoms with Crippen molar-refractivity contribution in [1.29, 1.82) is 0 Å². The molecule has 0 atom stereocenters. The van der Waals surface area contributed by atoms with E-state index in [9.17, 15) is 0 Å². The highest BCUT2D eigenvalue weighted by molar-refractivity contribution is 6.31. The lowest BCUT2D eigenvalue weighted by Crippen LogP contribution is -2.00. The van der Waals surface area contributed by atoms with Gasteiger partial charge in [-0.25, -0.2) is 0 Å². The molecule has 12 rings (SSSR count). The average Bonchev–Trinajstić information content (AvgIpc) is 3.76. The number of hydrogen-bond donors (Lipinski definition) is 0. The number of fused-ring (bicyclic) bond motifs is 2. The van der Waals surface area contributed by atoms with Crippen molar-refractivity contribution in [3.63, 3.8) is 0 Å². The van der Waals surface area contributed by atoms with Crippen LogP contribution in [0.2, 0.25) is 0 Å². The molecule has 0 aliphatic rings. The zero-order chi connectivity index (χ0) is 38.9. The fourth-order valence-electron chi connectivity index (χ4n) is 9.12. The van der Waals surface area contributed by atoms with Crippen molar-refractivity contribution in [2.24, 2.45) is 0 Å². The van der Waals surface area contributed by atoms with Gasteiger partial charge in [0, 0.05) is 28.6 Å². The number of pyridine rings is 1. The predicted molar refractivity (Wildman–Crippen MR) is 245 cm³/mol. The Morgan fingerprint density at radius 3 is 1.53 bits per heavy atom. The molecule has 12 aromatic rings. The Hall–Kier alpha value is -7.95. The topological polar surface area (TPSA) is 43.6 Å². The molecule has 4 nitrogen and oxygen atoms in total. The van der Waals surface area contributed by atoms with Crippen LogP contribution < -0.4 is 0 Å². The Labute approximate surface area is 340 Å². The third-order valence-electron chi connectivity index (χ3n) is 11.8. The highest BCUT2D eigenvalue weighted by Crippen LogP contribution is 2.49. The summed E-state index contributed by atoms with van der Waals surface area (Å²) in [5.74, 6) is 1.52. The Bertz CT molecular complexity index is 3530. The zero-order valence-electron chi connectivity index (χ0n) is 31.9. The number of nitrogens with zero attached hydrogens (tertiary/aromatic N) is 4. The zero-order valence-corrected chi connectivity index (χ0v) is 31.9. The van der Waals surface area contributed by atoms with E-state index in [0.29, 0.717) is 0 Å². The second-order valence-electron chi connectivity index (χ2n) is 15.3. The minimum absolute atomic E-state index is 0.739. The van der Waals surface area contributed by atoms with Crippen molar-refractivity contribution in [3.05, 3.63) is 206 Å². The molecule has 0 aliphatic heterocycles. The molecule has 4 heteroatoms. The second kappa shape index (κ2) is 13.3. The summed E-state index contributed by atoms with van der Waals surface area (Å²) in [7, 11) is 0. The summed E-state index contributed by atoms with van der Waals surface area (Å²) >= 11 is 0. The fourth-order valence-corrected chi connectivity index (χ4v) is 9.12. The van der Waals surface area contributed by atoms with Gasteiger partial charge in [-0.15, -0.1) is 10.2 Å².